The molecule has 0 aliphatic carbocycles. The second kappa shape index (κ2) is 17.9. The standard InChI is InChI=1S/C34H37ClN6O3.C3H8/c1-7-43-32-17-29-25(16-30(32)40-33(42)9-8-14-41(5)6)34(26(18-36)22(4)38-29)39-24-11-13-31(27(35)15-24)44-20-23-10-12-28(21(2)3)37-19-23;1-3-2/h8-13,15-17,19,21H,7,14,20H2,1-6H3,(H,38,39)(H,40,42);3H2,1-2H3/b9-8+;. The molecule has 2 N–H and O–H groups in total. The highest BCUT2D eigenvalue weighted by atomic mass is 35.5. The van der Waals surface area contributed by atoms with Crippen LogP contribution in [0.3, 0.4) is 0 Å². The summed E-state index contributed by atoms with van der Waals surface area (Å²) in [5.74, 6) is 1.07. The van der Waals surface area contributed by atoms with Gasteiger partial charge >= 0.3 is 0 Å². The summed E-state index contributed by atoms with van der Waals surface area (Å²) in [4.78, 5) is 23.8. The van der Waals surface area contributed by atoms with Crippen molar-refractivity contribution in [3.8, 4) is 17.6 Å². The third-order valence-electron chi connectivity index (χ3n) is 6.71. The minimum Gasteiger partial charge on any atom is -0.492 e. The normalized spacial score (nSPS) is 10.9. The van der Waals surface area contributed by atoms with Crippen molar-refractivity contribution in [2.75, 3.05) is 37.9 Å². The highest BCUT2D eigenvalue weighted by Gasteiger charge is 2.18. The Morgan fingerprint density at radius 2 is 1.83 bits per heavy atom. The van der Waals surface area contributed by atoms with E-state index in [2.05, 4.69) is 54.4 Å². The van der Waals surface area contributed by atoms with Crippen LogP contribution in [0.1, 0.15) is 69.5 Å². The molecule has 0 bridgehead atoms. The summed E-state index contributed by atoms with van der Waals surface area (Å²) in [7, 11) is 3.85. The van der Waals surface area contributed by atoms with Crippen molar-refractivity contribution >= 4 is 45.5 Å². The van der Waals surface area contributed by atoms with Gasteiger partial charge in [0.25, 0.3) is 0 Å². The lowest BCUT2D eigenvalue weighted by Crippen LogP contribution is -2.13. The van der Waals surface area contributed by atoms with Crippen LogP contribution in [0, 0.1) is 18.3 Å². The molecule has 0 aliphatic heterocycles. The summed E-state index contributed by atoms with van der Waals surface area (Å²) >= 11 is 6.62. The topological polar surface area (TPSA) is 112 Å². The Morgan fingerprint density at radius 1 is 1.09 bits per heavy atom. The summed E-state index contributed by atoms with van der Waals surface area (Å²) in [6, 6.07) is 15.2. The third-order valence-corrected chi connectivity index (χ3v) is 7.01. The van der Waals surface area contributed by atoms with E-state index in [4.69, 9.17) is 21.1 Å². The van der Waals surface area contributed by atoms with Crippen LogP contribution < -0.4 is 20.1 Å². The van der Waals surface area contributed by atoms with E-state index in [1.807, 2.05) is 50.3 Å². The molecule has 0 saturated carbocycles. The number of aryl methyl sites for hydroxylation is 1. The van der Waals surface area contributed by atoms with Gasteiger partial charge in [-0.1, -0.05) is 57.9 Å². The van der Waals surface area contributed by atoms with Gasteiger partial charge in [-0.15, -0.1) is 0 Å². The van der Waals surface area contributed by atoms with Crippen molar-refractivity contribution in [3.05, 3.63) is 88.4 Å². The molecule has 4 rings (SSSR count). The van der Waals surface area contributed by atoms with Gasteiger partial charge in [0.15, 0.2) is 0 Å². The van der Waals surface area contributed by atoms with Crippen LogP contribution in [-0.2, 0) is 11.4 Å². The van der Waals surface area contributed by atoms with E-state index in [9.17, 15) is 10.1 Å². The van der Waals surface area contributed by atoms with Crippen molar-refractivity contribution in [1.82, 2.24) is 14.9 Å². The van der Waals surface area contributed by atoms with E-state index >= 15 is 0 Å². The number of likely N-dealkylation sites (N-methyl/N-ethyl adjacent to an activating group) is 1. The number of nitrogens with zero attached hydrogens (tertiary/aromatic N) is 4. The zero-order chi connectivity index (χ0) is 34.5. The zero-order valence-corrected chi connectivity index (χ0v) is 29.3. The van der Waals surface area contributed by atoms with Crippen LogP contribution in [0.15, 0.2) is 60.8 Å². The van der Waals surface area contributed by atoms with Crippen LogP contribution in [0.5, 0.6) is 11.5 Å². The van der Waals surface area contributed by atoms with E-state index in [0.717, 1.165) is 11.3 Å². The first-order chi connectivity index (χ1) is 22.5. The first-order valence-electron chi connectivity index (χ1n) is 15.8. The number of fused-ring (bicyclic) bond motifs is 1. The van der Waals surface area contributed by atoms with E-state index in [0.29, 0.717) is 81.4 Å². The number of hydrogen-bond donors (Lipinski definition) is 2. The molecular weight excluding hydrogens is 612 g/mol. The fraction of sp³-hybridized carbons (Fsp3) is 0.351. The van der Waals surface area contributed by atoms with E-state index < -0.39 is 0 Å². The maximum Gasteiger partial charge on any atom is 0.248 e. The SMILES string of the molecule is CCC.CCOc1cc2nc(C)c(C#N)c(Nc3ccc(OCc4ccc(C(C)C)nc4)c(Cl)c3)c2cc1NC(=O)/C=C/CN(C)C. The monoisotopic (exact) mass is 656 g/mol. The fourth-order valence-corrected chi connectivity index (χ4v) is 4.70. The highest BCUT2D eigenvalue weighted by Crippen LogP contribution is 2.38. The molecule has 0 atom stereocenters. The van der Waals surface area contributed by atoms with Crippen molar-refractivity contribution in [2.24, 2.45) is 0 Å². The lowest BCUT2D eigenvalue weighted by Gasteiger charge is -2.17. The van der Waals surface area contributed by atoms with Gasteiger partial charge < -0.3 is 25.0 Å². The van der Waals surface area contributed by atoms with Gasteiger partial charge in [0.05, 0.1) is 39.8 Å². The molecular formula is C37H45ClN6O3. The Balaban J connectivity index is 0.00000192. The Hall–Kier alpha value is -4.65. The van der Waals surface area contributed by atoms with Crippen LogP contribution >= 0.6 is 11.6 Å². The smallest absolute Gasteiger partial charge is 0.248 e. The summed E-state index contributed by atoms with van der Waals surface area (Å²) in [6.07, 6.45) is 6.32. The molecule has 1 amide bonds. The van der Waals surface area contributed by atoms with Crippen molar-refractivity contribution < 1.29 is 14.3 Å². The van der Waals surface area contributed by atoms with Crippen molar-refractivity contribution in [2.45, 2.75) is 60.5 Å². The number of carbonyl (C=O) groups excluding carboxylic acids is 1. The molecule has 0 unspecified atom stereocenters. The number of anilines is 3. The highest BCUT2D eigenvalue weighted by molar-refractivity contribution is 6.32. The number of benzene rings is 2. The number of aromatic nitrogens is 2. The number of ether oxygens (including phenoxy) is 2. The minimum absolute atomic E-state index is 0.295. The molecule has 0 fully saturated rings. The summed E-state index contributed by atoms with van der Waals surface area (Å²) in [5.41, 5.74) is 5.16. The molecule has 2 aromatic heterocycles. The van der Waals surface area contributed by atoms with Gasteiger partial charge in [-0.25, -0.2) is 0 Å². The van der Waals surface area contributed by atoms with Gasteiger partial charge in [-0.05, 0) is 64.2 Å². The molecule has 0 saturated heterocycles. The zero-order valence-electron chi connectivity index (χ0n) is 28.6. The molecule has 10 heteroatoms. The molecule has 0 radical (unpaired) electrons. The predicted octanol–water partition coefficient (Wildman–Crippen LogP) is 8.78. The lowest BCUT2D eigenvalue weighted by molar-refractivity contribution is -0.111. The number of halogens is 1. The van der Waals surface area contributed by atoms with Gasteiger partial charge in [-0.3, -0.25) is 14.8 Å². The number of nitriles is 1. The van der Waals surface area contributed by atoms with Crippen LogP contribution in [0.2, 0.25) is 5.02 Å². The molecule has 2 heterocycles. The molecule has 9 nitrogen and oxygen atoms in total. The number of rotatable bonds is 12. The maximum absolute atomic E-state index is 12.7. The number of amides is 1. The Kier molecular flexibility index (Phi) is 14.0. The molecule has 248 valence electrons. The molecule has 0 aliphatic rings. The molecule has 47 heavy (non-hydrogen) atoms. The van der Waals surface area contributed by atoms with E-state index in [1.54, 1.807) is 37.3 Å². The van der Waals surface area contributed by atoms with Gasteiger partial charge in [-0.2, -0.15) is 5.26 Å². The molecule has 2 aromatic carbocycles. The quantitative estimate of drug-likeness (QED) is 0.146. The second-order valence-electron chi connectivity index (χ2n) is 11.5. The van der Waals surface area contributed by atoms with Crippen LogP contribution in [-0.4, -0.2) is 48.0 Å². The maximum atomic E-state index is 12.7. The van der Waals surface area contributed by atoms with E-state index in [-0.39, 0.29) is 5.91 Å². The number of hydrogen-bond acceptors (Lipinski definition) is 8. The number of nitrogens with one attached hydrogen (secondary N) is 2. The third kappa shape index (κ3) is 10.4. The second-order valence-corrected chi connectivity index (χ2v) is 11.9. The summed E-state index contributed by atoms with van der Waals surface area (Å²) in [5, 5.41) is 17.4. The largest absolute Gasteiger partial charge is 0.492 e. The van der Waals surface area contributed by atoms with E-state index in [1.165, 1.54) is 12.5 Å². The average molecular weight is 657 g/mol. The Bertz CT molecular complexity index is 1730. The molecule has 4 aromatic rings. The average Bonchev–Trinajstić information content (AvgIpc) is 3.02. The van der Waals surface area contributed by atoms with Crippen molar-refractivity contribution in [1.29, 1.82) is 5.26 Å². The number of pyridine rings is 2. The van der Waals surface area contributed by atoms with Gasteiger partial charge in [0.1, 0.15) is 24.2 Å². The molecule has 0 spiro atoms. The Labute approximate surface area is 283 Å². The fourth-order valence-electron chi connectivity index (χ4n) is 4.46. The summed E-state index contributed by atoms with van der Waals surface area (Å²) < 4.78 is 11.8. The lowest BCUT2D eigenvalue weighted by atomic mass is 10.0. The van der Waals surface area contributed by atoms with Crippen molar-refractivity contribution in [3.63, 3.8) is 0 Å². The van der Waals surface area contributed by atoms with Crippen LogP contribution in [0.4, 0.5) is 17.1 Å². The number of carbonyl (C=O) groups is 1. The first kappa shape index (κ1) is 36.8. The van der Waals surface area contributed by atoms with Gasteiger partial charge in [0.2, 0.25) is 5.91 Å². The van der Waals surface area contributed by atoms with Gasteiger partial charge in [0, 0.05) is 47.2 Å². The van der Waals surface area contributed by atoms with Crippen LogP contribution in [0.25, 0.3) is 10.9 Å². The first-order valence-corrected chi connectivity index (χ1v) is 16.2. The Morgan fingerprint density at radius 3 is 2.43 bits per heavy atom. The minimum atomic E-state index is -0.295. The predicted molar refractivity (Wildman–Crippen MR) is 192 cm³/mol. The summed E-state index contributed by atoms with van der Waals surface area (Å²) in [6.45, 7) is 13.5.